The number of hydrogen-bond acceptors (Lipinski definition) is 5. The Morgan fingerprint density at radius 2 is 1.88 bits per heavy atom. The first-order chi connectivity index (χ1) is 11.5. The second-order valence-corrected chi connectivity index (χ2v) is 6.78. The second-order valence-electron chi connectivity index (χ2n) is 5.10. The largest absolute Gasteiger partial charge is 0.285 e. The lowest BCUT2D eigenvalue weighted by Crippen LogP contribution is -2.44. The number of pyridine rings is 1. The third-order valence-corrected chi connectivity index (χ3v) is 4.63. The highest BCUT2D eigenvalue weighted by atomic mass is 32.2. The number of aryl methyl sites for hydroxylation is 1. The number of nitrogens with one attached hydrogen (secondary N) is 1. The van der Waals surface area contributed by atoms with Crippen LogP contribution in [-0.2, 0) is 4.79 Å². The Kier molecular flexibility index (Phi) is 4.73. The van der Waals surface area contributed by atoms with Gasteiger partial charge < -0.3 is 0 Å². The lowest BCUT2D eigenvalue weighted by molar-refractivity contribution is -0.123. The molecule has 0 atom stereocenters. The molecule has 2 heterocycles. The molecule has 1 N–H and O–H groups in total. The van der Waals surface area contributed by atoms with E-state index in [9.17, 15) is 9.59 Å². The minimum atomic E-state index is -0.378. The topological polar surface area (TPSA) is 62.3 Å². The van der Waals surface area contributed by atoms with E-state index < -0.39 is 0 Å². The van der Waals surface area contributed by atoms with E-state index in [1.54, 1.807) is 42.7 Å². The van der Waals surface area contributed by atoms with Crippen molar-refractivity contribution < 1.29 is 9.59 Å². The van der Waals surface area contributed by atoms with E-state index in [1.165, 1.54) is 0 Å². The molecule has 0 spiro atoms. The van der Waals surface area contributed by atoms with E-state index >= 15 is 0 Å². The van der Waals surface area contributed by atoms with Gasteiger partial charge in [0.25, 0.3) is 11.8 Å². The molecule has 1 aromatic carbocycles. The SMILES string of the molecule is Cc1ccc(C(=O)NN2C(=O)C(=Cc3ccncc3)SC2=S)cc1. The Balaban J connectivity index is 1.76. The van der Waals surface area contributed by atoms with Crippen LogP contribution < -0.4 is 5.43 Å². The highest BCUT2D eigenvalue weighted by Crippen LogP contribution is 2.31. The van der Waals surface area contributed by atoms with Crippen molar-refractivity contribution in [1.82, 2.24) is 15.4 Å². The first kappa shape index (κ1) is 16.4. The zero-order valence-electron chi connectivity index (χ0n) is 12.7. The van der Waals surface area contributed by atoms with Crippen molar-refractivity contribution in [3.63, 3.8) is 0 Å². The van der Waals surface area contributed by atoms with Crippen LogP contribution in [0.15, 0.2) is 53.7 Å². The lowest BCUT2D eigenvalue weighted by atomic mass is 10.1. The number of thioether (sulfide) groups is 1. The Bertz CT molecular complexity index is 833. The van der Waals surface area contributed by atoms with Gasteiger partial charge in [-0.1, -0.05) is 29.5 Å². The molecule has 1 aromatic heterocycles. The number of benzene rings is 1. The van der Waals surface area contributed by atoms with Crippen molar-refractivity contribution in [3.8, 4) is 0 Å². The summed E-state index contributed by atoms with van der Waals surface area (Å²) >= 11 is 6.35. The normalized spacial score (nSPS) is 15.9. The number of rotatable bonds is 3. The highest BCUT2D eigenvalue weighted by Gasteiger charge is 2.33. The Morgan fingerprint density at radius 3 is 2.54 bits per heavy atom. The lowest BCUT2D eigenvalue weighted by Gasteiger charge is -2.15. The summed E-state index contributed by atoms with van der Waals surface area (Å²) < 4.78 is 0.292. The van der Waals surface area contributed by atoms with Gasteiger partial charge in [0.2, 0.25) is 0 Å². The molecule has 0 unspecified atom stereocenters. The zero-order valence-corrected chi connectivity index (χ0v) is 14.4. The number of amides is 2. The average Bonchev–Trinajstić information content (AvgIpc) is 2.84. The number of carbonyl (C=O) groups excluding carboxylic acids is 2. The van der Waals surface area contributed by atoms with E-state index in [1.807, 2.05) is 19.1 Å². The van der Waals surface area contributed by atoms with Gasteiger partial charge in [-0.2, -0.15) is 5.01 Å². The summed E-state index contributed by atoms with van der Waals surface area (Å²) in [6, 6.07) is 10.7. The van der Waals surface area contributed by atoms with Crippen molar-refractivity contribution in [2.45, 2.75) is 6.92 Å². The minimum Gasteiger partial charge on any atom is -0.267 e. The monoisotopic (exact) mass is 355 g/mol. The molecule has 0 saturated carbocycles. The summed E-state index contributed by atoms with van der Waals surface area (Å²) in [5, 5.41) is 1.11. The fraction of sp³-hybridized carbons (Fsp3) is 0.0588. The maximum atomic E-state index is 12.5. The molecule has 0 bridgehead atoms. The number of aromatic nitrogens is 1. The summed E-state index contributed by atoms with van der Waals surface area (Å²) in [5.74, 6) is -0.723. The first-order valence-corrected chi connectivity index (χ1v) is 8.33. The molecular weight excluding hydrogens is 342 g/mol. The fourth-order valence-electron chi connectivity index (χ4n) is 2.05. The molecule has 2 aromatic rings. The van der Waals surface area contributed by atoms with E-state index in [-0.39, 0.29) is 11.8 Å². The quantitative estimate of drug-likeness (QED) is 0.677. The van der Waals surface area contributed by atoms with Gasteiger partial charge in [0.1, 0.15) is 0 Å². The molecule has 7 heteroatoms. The fourth-order valence-corrected chi connectivity index (χ4v) is 3.23. The molecule has 1 saturated heterocycles. The Hall–Kier alpha value is -2.51. The number of carbonyl (C=O) groups is 2. The zero-order chi connectivity index (χ0) is 17.1. The van der Waals surface area contributed by atoms with Crippen LogP contribution in [0.3, 0.4) is 0 Å². The van der Waals surface area contributed by atoms with Crippen LogP contribution in [-0.4, -0.2) is 26.1 Å². The Labute approximate surface area is 148 Å². The summed E-state index contributed by atoms with van der Waals surface area (Å²) in [5.41, 5.74) is 4.92. The number of hydrazine groups is 1. The molecule has 0 aliphatic carbocycles. The average molecular weight is 355 g/mol. The van der Waals surface area contributed by atoms with Crippen LogP contribution >= 0.6 is 24.0 Å². The number of nitrogens with zero attached hydrogens (tertiary/aromatic N) is 2. The van der Waals surface area contributed by atoms with Crippen molar-refractivity contribution in [3.05, 3.63) is 70.4 Å². The number of hydrogen-bond donors (Lipinski definition) is 1. The summed E-state index contributed by atoms with van der Waals surface area (Å²) in [7, 11) is 0. The molecule has 1 fully saturated rings. The van der Waals surface area contributed by atoms with Gasteiger partial charge in [0.05, 0.1) is 4.91 Å². The van der Waals surface area contributed by atoms with Gasteiger partial charge >= 0.3 is 0 Å². The van der Waals surface area contributed by atoms with Gasteiger partial charge in [-0.3, -0.25) is 20.0 Å². The van der Waals surface area contributed by atoms with Crippen molar-refractivity contribution in [2.75, 3.05) is 0 Å². The second kappa shape index (κ2) is 6.94. The van der Waals surface area contributed by atoms with Crippen LogP contribution in [0.5, 0.6) is 0 Å². The molecule has 1 aliphatic rings. The van der Waals surface area contributed by atoms with E-state index in [0.29, 0.717) is 14.8 Å². The van der Waals surface area contributed by atoms with Gasteiger partial charge in [-0.15, -0.1) is 0 Å². The van der Waals surface area contributed by atoms with Crippen LogP contribution in [0.2, 0.25) is 0 Å². The predicted octanol–water partition coefficient (Wildman–Crippen LogP) is 2.94. The Morgan fingerprint density at radius 1 is 1.21 bits per heavy atom. The van der Waals surface area contributed by atoms with Crippen LogP contribution in [0.25, 0.3) is 6.08 Å². The third kappa shape index (κ3) is 3.52. The van der Waals surface area contributed by atoms with Crippen LogP contribution in [0.4, 0.5) is 0 Å². The van der Waals surface area contributed by atoms with Crippen molar-refractivity contribution in [1.29, 1.82) is 0 Å². The van der Waals surface area contributed by atoms with Crippen molar-refractivity contribution >= 4 is 46.2 Å². The summed E-state index contributed by atoms with van der Waals surface area (Å²) in [6.07, 6.45) is 5.01. The smallest absolute Gasteiger partial charge is 0.267 e. The number of thiocarbonyl (C=S) groups is 1. The summed E-state index contributed by atoms with van der Waals surface area (Å²) in [6.45, 7) is 1.94. The standard InChI is InChI=1S/C17H13N3O2S2/c1-11-2-4-13(5-3-11)15(21)19-20-16(22)14(24-17(20)23)10-12-6-8-18-9-7-12/h2-10H,1H3,(H,19,21). The molecule has 1 aliphatic heterocycles. The maximum Gasteiger partial charge on any atom is 0.285 e. The molecule has 0 radical (unpaired) electrons. The molecule has 24 heavy (non-hydrogen) atoms. The van der Waals surface area contributed by atoms with E-state index in [4.69, 9.17) is 12.2 Å². The van der Waals surface area contributed by atoms with Gasteiger partial charge in [-0.05, 0) is 55.0 Å². The molecule has 120 valence electrons. The van der Waals surface area contributed by atoms with E-state index in [0.717, 1.165) is 27.9 Å². The molecule has 3 rings (SSSR count). The van der Waals surface area contributed by atoms with Crippen LogP contribution in [0.1, 0.15) is 21.5 Å². The highest BCUT2D eigenvalue weighted by molar-refractivity contribution is 8.26. The van der Waals surface area contributed by atoms with Gasteiger partial charge in [0.15, 0.2) is 4.32 Å². The minimum absolute atomic E-state index is 0.292. The van der Waals surface area contributed by atoms with E-state index in [2.05, 4.69) is 10.4 Å². The van der Waals surface area contributed by atoms with Gasteiger partial charge in [-0.25, -0.2) is 0 Å². The van der Waals surface area contributed by atoms with Gasteiger partial charge in [0, 0.05) is 18.0 Å². The predicted molar refractivity (Wildman–Crippen MR) is 97.9 cm³/mol. The maximum absolute atomic E-state index is 12.5. The summed E-state index contributed by atoms with van der Waals surface area (Å²) in [4.78, 5) is 29.1. The molecular formula is C17H13N3O2S2. The van der Waals surface area contributed by atoms with Crippen molar-refractivity contribution in [2.24, 2.45) is 0 Å². The first-order valence-electron chi connectivity index (χ1n) is 7.10. The van der Waals surface area contributed by atoms with Crippen LogP contribution in [0, 0.1) is 6.92 Å². The molecule has 5 nitrogen and oxygen atoms in total. The third-order valence-electron chi connectivity index (χ3n) is 3.32. The molecule has 2 amide bonds.